The van der Waals surface area contributed by atoms with E-state index in [4.69, 9.17) is 0 Å². The zero-order valence-corrected chi connectivity index (χ0v) is 13.5. The zero-order valence-electron chi connectivity index (χ0n) is 11.9. The summed E-state index contributed by atoms with van der Waals surface area (Å²) in [5.74, 6) is 0. The van der Waals surface area contributed by atoms with Gasteiger partial charge < -0.3 is 5.32 Å². The standard InChI is InChI=1S/C17H20BrN/c1-11-9-12(2)16(13(3)10-11)17(19-4)14-5-7-15(18)8-6-14/h5-10,17,19H,1-4H3. The van der Waals surface area contributed by atoms with Crippen molar-refractivity contribution in [3.8, 4) is 0 Å². The van der Waals surface area contributed by atoms with Crippen LogP contribution in [0.4, 0.5) is 0 Å². The molecule has 0 spiro atoms. The number of halogens is 1. The maximum Gasteiger partial charge on any atom is 0.0579 e. The monoisotopic (exact) mass is 317 g/mol. The van der Waals surface area contributed by atoms with Gasteiger partial charge in [0.25, 0.3) is 0 Å². The first kappa shape index (κ1) is 14.3. The number of aryl methyl sites for hydroxylation is 3. The number of hydrogen-bond donors (Lipinski definition) is 1. The lowest BCUT2D eigenvalue weighted by atomic mass is 9.90. The van der Waals surface area contributed by atoms with Crippen molar-refractivity contribution in [2.75, 3.05) is 7.05 Å². The van der Waals surface area contributed by atoms with Crippen molar-refractivity contribution in [2.24, 2.45) is 0 Å². The highest BCUT2D eigenvalue weighted by atomic mass is 79.9. The highest BCUT2D eigenvalue weighted by Crippen LogP contribution is 2.29. The third-order valence-electron chi connectivity index (χ3n) is 3.52. The summed E-state index contributed by atoms with van der Waals surface area (Å²) in [6, 6.07) is 13.3. The van der Waals surface area contributed by atoms with Crippen LogP contribution in [0.15, 0.2) is 40.9 Å². The summed E-state index contributed by atoms with van der Waals surface area (Å²) in [6.07, 6.45) is 0. The van der Waals surface area contributed by atoms with E-state index < -0.39 is 0 Å². The Balaban J connectivity index is 2.51. The number of nitrogens with one attached hydrogen (secondary N) is 1. The molecule has 19 heavy (non-hydrogen) atoms. The van der Waals surface area contributed by atoms with Gasteiger partial charge in [0.05, 0.1) is 6.04 Å². The van der Waals surface area contributed by atoms with Gasteiger partial charge in [-0.1, -0.05) is 45.8 Å². The third kappa shape index (κ3) is 3.07. The fraction of sp³-hybridized carbons (Fsp3) is 0.294. The molecule has 0 amide bonds. The molecule has 0 aliphatic rings. The van der Waals surface area contributed by atoms with Crippen molar-refractivity contribution in [3.05, 3.63) is 68.7 Å². The molecule has 1 nitrogen and oxygen atoms in total. The summed E-state index contributed by atoms with van der Waals surface area (Å²) < 4.78 is 1.11. The zero-order chi connectivity index (χ0) is 14.0. The van der Waals surface area contributed by atoms with E-state index in [1.54, 1.807) is 0 Å². The highest BCUT2D eigenvalue weighted by molar-refractivity contribution is 9.10. The van der Waals surface area contributed by atoms with E-state index in [2.05, 4.69) is 78.4 Å². The van der Waals surface area contributed by atoms with Crippen LogP contribution in [0.1, 0.15) is 33.9 Å². The largest absolute Gasteiger partial charge is 0.309 e. The molecule has 0 bridgehead atoms. The average Bonchev–Trinajstić information content (AvgIpc) is 2.35. The molecule has 0 radical (unpaired) electrons. The minimum atomic E-state index is 0.244. The van der Waals surface area contributed by atoms with Crippen LogP contribution in [0.2, 0.25) is 0 Å². The Bertz CT molecular complexity index is 549. The second-order valence-corrected chi connectivity index (χ2v) is 6.00. The van der Waals surface area contributed by atoms with Crippen LogP contribution in [0, 0.1) is 20.8 Å². The first-order chi connectivity index (χ1) is 9.02. The summed E-state index contributed by atoms with van der Waals surface area (Å²) in [5, 5.41) is 3.44. The molecule has 0 saturated carbocycles. The van der Waals surface area contributed by atoms with Gasteiger partial charge in [-0.3, -0.25) is 0 Å². The van der Waals surface area contributed by atoms with E-state index in [1.165, 1.54) is 27.8 Å². The van der Waals surface area contributed by atoms with Crippen molar-refractivity contribution < 1.29 is 0 Å². The molecule has 0 aliphatic carbocycles. The van der Waals surface area contributed by atoms with Gasteiger partial charge in [0.1, 0.15) is 0 Å². The maximum atomic E-state index is 3.49. The van der Waals surface area contributed by atoms with E-state index in [1.807, 2.05) is 7.05 Å². The SMILES string of the molecule is CNC(c1ccc(Br)cc1)c1c(C)cc(C)cc1C. The normalized spacial score (nSPS) is 12.5. The molecule has 0 saturated heterocycles. The molecule has 0 aliphatic heterocycles. The van der Waals surface area contributed by atoms with Gasteiger partial charge in [0, 0.05) is 4.47 Å². The molecule has 2 aromatic rings. The molecule has 1 N–H and O–H groups in total. The van der Waals surface area contributed by atoms with Crippen LogP contribution >= 0.6 is 15.9 Å². The highest BCUT2D eigenvalue weighted by Gasteiger charge is 2.16. The number of rotatable bonds is 3. The Hall–Kier alpha value is -1.12. The average molecular weight is 318 g/mol. The van der Waals surface area contributed by atoms with E-state index in [0.717, 1.165) is 4.47 Å². The van der Waals surface area contributed by atoms with Crippen molar-refractivity contribution in [1.82, 2.24) is 5.32 Å². The van der Waals surface area contributed by atoms with Crippen LogP contribution in [0.25, 0.3) is 0 Å². The molecule has 0 heterocycles. The number of hydrogen-bond acceptors (Lipinski definition) is 1. The molecule has 2 aromatic carbocycles. The maximum absolute atomic E-state index is 3.49. The van der Waals surface area contributed by atoms with Crippen LogP contribution < -0.4 is 5.32 Å². The van der Waals surface area contributed by atoms with Gasteiger partial charge in [0.15, 0.2) is 0 Å². The Morgan fingerprint density at radius 1 is 0.947 bits per heavy atom. The Morgan fingerprint density at radius 2 is 1.47 bits per heavy atom. The van der Waals surface area contributed by atoms with Crippen molar-refractivity contribution in [2.45, 2.75) is 26.8 Å². The van der Waals surface area contributed by atoms with Crippen LogP contribution in [0.5, 0.6) is 0 Å². The van der Waals surface area contributed by atoms with Crippen molar-refractivity contribution in [1.29, 1.82) is 0 Å². The Labute approximate surface area is 124 Å². The van der Waals surface area contributed by atoms with Gasteiger partial charge in [-0.2, -0.15) is 0 Å². The molecule has 1 unspecified atom stereocenters. The lowest BCUT2D eigenvalue weighted by Crippen LogP contribution is -2.20. The smallest absolute Gasteiger partial charge is 0.0579 e. The Morgan fingerprint density at radius 3 is 1.95 bits per heavy atom. The summed E-state index contributed by atoms with van der Waals surface area (Å²) >= 11 is 3.49. The summed E-state index contributed by atoms with van der Waals surface area (Å²) in [5.41, 5.74) is 6.69. The van der Waals surface area contributed by atoms with Crippen molar-refractivity contribution in [3.63, 3.8) is 0 Å². The molecular weight excluding hydrogens is 298 g/mol. The first-order valence-electron chi connectivity index (χ1n) is 6.53. The molecule has 0 aromatic heterocycles. The van der Waals surface area contributed by atoms with E-state index in [0.29, 0.717) is 0 Å². The minimum Gasteiger partial charge on any atom is -0.309 e. The predicted octanol–water partition coefficient (Wildman–Crippen LogP) is 4.68. The summed E-state index contributed by atoms with van der Waals surface area (Å²) in [7, 11) is 2.02. The van der Waals surface area contributed by atoms with Crippen LogP contribution in [-0.4, -0.2) is 7.05 Å². The summed E-state index contributed by atoms with van der Waals surface area (Å²) in [6.45, 7) is 6.54. The predicted molar refractivity (Wildman–Crippen MR) is 85.7 cm³/mol. The van der Waals surface area contributed by atoms with Gasteiger partial charge >= 0.3 is 0 Å². The fourth-order valence-corrected chi connectivity index (χ4v) is 3.04. The summed E-state index contributed by atoms with van der Waals surface area (Å²) in [4.78, 5) is 0. The van der Waals surface area contributed by atoms with E-state index in [-0.39, 0.29) is 6.04 Å². The Kier molecular flexibility index (Phi) is 4.43. The van der Waals surface area contributed by atoms with E-state index in [9.17, 15) is 0 Å². The second kappa shape index (κ2) is 5.89. The first-order valence-corrected chi connectivity index (χ1v) is 7.32. The lowest BCUT2D eigenvalue weighted by molar-refractivity contribution is 0.683. The van der Waals surface area contributed by atoms with E-state index >= 15 is 0 Å². The topological polar surface area (TPSA) is 12.0 Å². The molecule has 2 heteroatoms. The van der Waals surface area contributed by atoms with Crippen LogP contribution in [0.3, 0.4) is 0 Å². The molecular formula is C17H20BrN. The molecule has 100 valence electrons. The van der Waals surface area contributed by atoms with Crippen LogP contribution in [-0.2, 0) is 0 Å². The quantitative estimate of drug-likeness (QED) is 0.866. The molecule has 1 atom stereocenters. The van der Waals surface area contributed by atoms with Gasteiger partial charge in [-0.15, -0.1) is 0 Å². The second-order valence-electron chi connectivity index (χ2n) is 5.09. The van der Waals surface area contributed by atoms with Gasteiger partial charge in [-0.05, 0) is 62.2 Å². The third-order valence-corrected chi connectivity index (χ3v) is 4.05. The van der Waals surface area contributed by atoms with Gasteiger partial charge in [-0.25, -0.2) is 0 Å². The van der Waals surface area contributed by atoms with Gasteiger partial charge in [0.2, 0.25) is 0 Å². The van der Waals surface area contributed by atoms with Crippen molar-refractivity contribution >= 4 is 15.9 Å². The number of benzene rings is 2. The fourth-order valence-electron chi connectivity index (χ4n) is 2.78. The minimum absolute atomic E-state index is 0.244. The molecule has 2 rings (SSSR count). The molecule has 0 fully saturated rings. The lowest BCUT2D eigenvalue weighted by Gasteiger charge is -2.22.